The molecule has 2 heterocycles. The Labute approximate surface area is 171 Å². The molecule has 1 aromatic carbocycles. The van der Waals surface area contributed by atoms with Gasteiger partial charge in [-0.15, -0.1) is 0 Å². The fraction of sp³-hybridized carbons (Fsp3) is 0.429. The van der Waals surface area contributed by atoms with Crippen molar-refractivity contribution in [1.29, 1.82) is 0 Å². The molecule has 0 atom stereocenters. The number of benzene rings is 1. The molecule has 0 spiro atoms. The monoisotopic (exact) mass is 396 g/mol. The fourth-order valence-electron chi connectivity index (χ4n) is 3.28. The first-order valence-electron chi connectivity index (χ1n) is 10.1. The van der Waals surface area contributed by atoms with Crippen LogP contribution in [0.3, 0.4) is 0 Å². The van der Waals surface area contributed by atoms with Crippen LogP contribution in [0.1, 0.15) is 37.3 Å². The summed E-state index contributed by atoms with van der Waals surface area (Å²) in [6, 6.07) is 10.1. The number of aliphatic imine (C=N–C) groups is 1. The average molecular weight is 396 g/mol. The van der Waals surface area contributed by atoms with Gasteiger partial charge in [-0.05, 0) is 30.5 Å². The first-order valence-corrected chi connectivity index (χ1v) is 10.1. The molecule has 1 aliphatic rings. The second-order valence-corrected chi connectivity index (χ2v) is 6.89. The number of likely N-dealkylation sites (tertiary alicyclic amines) is 1. The number of hydrogen-bond acceptors (Lipinski definition) is 4. The van der Waals surface area contributed by atoms with Crippen LogP contribution in [0.4, 0.5) is 0 Å². The third kappa shape index (κ3) is 5.91. The number of guanidine groups is 1. The molecule has 1 aliphatic heterocycles. The van der Waals surface area contributed by atoms with Gasteiger partial charge in [0.25, 0.3) is 0 Å². The Hall–Kier alpha value is -3.16. The molecule has 3 rings (SSSR count). The summed E-state index contributed by atoms with van der Waals surface area (Å²) >= 11 is 0. The number of carbonyl (C=O) groups excluding carboxylic acids is 2. The van der Waals surface area contributed by atoms with E-state index in [9.17, 15) is 9.59 Å². The van der Waals surface area contributed by atoms with Gasteiger partial charge in [0, 0.05) is 44.9 Å². The Morgan fingerprint density at radius 3 is 2.55 bits per heavy atom. The average Bonchev–Trinajstić information content (AvgIpc) is 3.22. The lowest BCUT2D eigenvalue weighted by atomic mass is 10.1. The van der Waals surface area contributed by atoms with Crippen molar-refractivity contribution in [2.45, 2.75) is 39.3 Å². The highest BCUT2D eigenvalue weighted by Gasteiger charge is 2.25. The Kier molecular flexibility index (Phi) is 7.38. The summed E-state index contributed by atoms with van der Waals surface area (Å²) in [4.78, 5) is 29.8. The quantitative estimate of drug-likeness (QED) is 0.401. The smallest absolute Gasteiger partial charge is 0.229 e. The first-order chi connectivity index (χ1) is 14.2. The first kappa shape index (κ1) is 20.6. The minimum absolute atomic E-state index is 0.0856. The minimum atomic E-state index is -0.0856. The summed E-state index contributed by atoms with van der Waals surface area (Å²) in [5, 5.41) is 10.7. The lowest BCUT2D eigenvalue weighted by Gasteiger charge is -2.25. The molecular weight excluding hydrogens is 368 g/mol. The number of amides is 2. The highest BCUT2D eigenvalue weighted by molar-refractivity contribution is 5.97. The van der Waals surface area contributed by atoms with Gasteiger partial charge in [0.05, 0.1) is 13.1 Å². The molecule has 2 N–H and O–H groups in total. The molecule has 29 heavy (non-hydrogen) atoms. The van der Waals surface area contributed by atoms with E-state index >= 15 is 0 Å². The number of hydrogen-bond donors (Lipinski definition) is 2. The number of nitrogens with zero attached hydrogens (tertiary/aromatic N) is 4. The molecule has 0 radical (unpaired) electrons. The Morgan fingerprint density at radius 1 is 1.10 bits per heavy atom. The number of carbonyl (C=O) groups is 2. The second kappa shape index (κ2) is 10.4. The molecule has 0 unspecified atom stereocenters. The van der Waals surface area contributed by atoms with E-state index in [1.807, 2.05) is 36.0 Å². The maximum atomic E-state index is 11.9. The number of rotatable bonds is 8. The Balaban J connectivity index is 1.59. The molecule has 0 bridgehead atoms. The SMILES string of the molecule is CCNC(=NCc1ccccc1Cn1cccn1)NCCN1C(=O)CCCC1=O. The third-order valence-corrected chi connectivity index (χ3v) is 4.77. The van der Waals surface area contributed by atoms with Crippen LogP contribution in [0.15, 0.2) is 47.7 Å². The van der Waals surface area contributed by atoms with Crippen molar-refractivity contribution >= 4 is 17.8 Å². The largest absolute Gasteiger partial charge is 0.357 e. The molecule has 1 fully saturated rings. The normalized spacial score (nSPS) is 14.9. The van der Waals surface area contributed by atoms with Crippen molar-refractivity contribution in [2.24, 2.45) is 4.99 Å². The van der Waals surface area contributed by atoms with E-state index in [0.29, 0.717) is 51.4 Å². The van der Waals surface area contributed by atoms with Crippen LogP contribution in [0.25, 0.3) is 0 Å². The predicted octanol–water partition coefficient (Wildman–Crippen LogP) is 1.53. The summed E-state index contributed by atoms with van der Waals surface area (Å²) in [5.41, 5.74) is 2.29. The van der Waals surface area contributed by atoms with Crippen LogP contribution in [0.5, 0.6) is 0 Å². The van der Waals surface area contributed by atoms with E-state index in [4.69, 9.17) is 0 Å². The van der Waals surface area contributed by atoms with Crippen LogP contribution >= 0.6 is 0 Å². The van der Waals surface area contributed by atoms with Crippen LogP contribution in [-0.4, -0.2) is 52.1 Å². The van der Waals surface area contributed by atoms with Crippen molar-refractivity contribution in [1.82, 2.24) is 25.3 Å². The number of nitrogens with one attached hydrogen (secondary N) is 2. The van der Waals surface area contributed by atoms with Gasteiger partial charge in [0.1, 0.15) is 0 Å². The summed E-state index contributed by atoms with van der Waals surface area (Å²) in [6.45, 7) is 4.77. The second-order valence-electron chi connectivity index (χ2n) is 6.89. The van der Waals surface area contributed by atoms with E-state index in [1.54, 1.807) is 6.20 Å². The van der Waals surface area contributed by atoms with Gasteiger partial charge in [0.15, 0.2) is 5.96 Å². The van der Waals surface area contributed by atoms with E-state index in [2.05, 4.69) is 32.9 Å². The molecule has 2 amide bonds. The lowest BCUT2D eigenvalue weighted by molar-refractivity contribution is -0.147. The van der Waals surface area contributed by atoms with E-state index in [-0.39, 0.29) is 11.8 Å². The summed E-state index contributed by atoms with van der Waals surface area (Å²) in [6.07, 6.45) is 5.27. The van der Waals surface area contributed by atoms with Gasteiger partial charge < -0.3 is 10.6 Å². The number of piperidine rings is 1. The highest BCUT2D eigenvalue weighted by atomic mass is 16.2. The minimum Gasteiger partial charge on any atom is -0.357 e. The van der Waals surface area contributed by atoms with Crippen molar-refractivity contribution in [2.75, 3.05) is 19.6 Å². The predicted molar refractivity (Wildman–Crippen MR) is 111 cm³/mol. The molecule has 1 aromatic heterocycles. The molecule has 0 saturated carbocycles. The van der Waals surface area contributed by atoms with Crippen LogP contribution in [0, 0.1) is 0 Å². The van der Waals surface area contributed by atoms with Crippen molar-refractivity contribution in [3.8, 4) is 0 Å². The van der Waals surface area contributed by atoms with Gasteiger partial charge in [-0.25, -0.2) is 4.99 Å². The van der Waals surface area contributed by atoms with Gasteiger partial charge in [-0.1, -0.05) is 24.3 Å². The summed E-state index contributed by atoms with van der Waals surface area (Å²) in [5.74, 6) is 0.494. The zero-order valence-electron chi connectivity index (χ0n) is 16.8. The van der Waals surface area contributed by atoms with E-state index in [0.717, 1.165) is 12.1 Å². The van der Waals surface area contributed by atoms with Gasteiger partial charge >= 0.3 is 0 Å². The zero-order chi connectivity index (χ0) is 20.5. The van der Waals surface area contributed by atoms with Gasteiger partial charge in [-0.3, -0.25) is 19.2 Å². The van der Waals surface area contributed by atoms with Crippen LogP contribution in [0.2, 0.25) is 0 Å². The van der Waals surface area contributed by atoms with Crippen molar-refractivity contribution in [3.63, 3.8) is 0 Å². The van der Waals surface area contributed by atoms with Crippen molar-refractivity contribution < 1.29 is 9.59 Å². The van der Waals surface area contributed by atoms with E-state index < -0.39 is 0 Å². The third-order valence-electron chi connectivity index (χ3n) is 4.77. The van der Waals surface area contributed by atoms with Gasteiger partial charge in [0.2, 0.25) is 11.8 Å². The van der Waals surface area contributed by atoms with Crippen LogP contribution in [-0.2, 0) is 22.7 Å². The Morgan fingerprint density at radius 2 is 1.86 bits per heavy atom. The highest BCUT2D eigenvalue weighted by Crippen LogP contribution is 2.12. The number of imide groups is 1. The summed E-state index contributed by atoms with van der Waals surface area (Å²) in [7, 11) is 0. The molecule has 2 aromatic rings. The topological polar surface area (TPSA) is 91.6 Å². The standard InChI is InChI=1S/C21H28N6O2/c1-2-22-21(23-12-14-27-19(28)9-5-10-20(27)29)24-15-17-7-3-4-8-18(17)16-26-13-6-11-25-26/h3-4,6-8,11,13H,2,5,9-10,12,14-16H2,1H3,(H2,22,23,24). The molecule has 1 saturated heterocycles. The lowest BCUT2D eigenvalue weighted by Crippen LogP contribution is -2.46. The zero-order valence-corrected chi connectivity index (χ0v) is 16.8. The fourth-order valence-corrected chi connectivity index (χ4v) is 3.28. The summed E-state index contributed by atoms with van der Waals surface area (Å²) < 4.78 is 1.89. The maximum absolute atomic E-state index is 11.9. The number of aromatic nitrogens is 2. The van der Waals surface area contributed by atoms with Crippen molar-refractivity contribution in [3.05, 3.63) is 53.9 Å². The maximum Gasteiger partial charge on any atom is 0.229 e. The Bertz CT molecular complexity index is 831. The molecule has 0 aliphatic carbocycles. The molecular formula is C21H28N6O2. The molecule has 8 heteroatoms. The molecule has 8 nitrogen and oxygen atoms in total. The van der Waals surface area contributed by atoms with E-state index in [1.165, 1.54) is 10.5 Å². The van der Waals surface area contributed by atoms with Crippen LogP contribution < -0.4 is 10.6 Å². The van der Waals surface area contributed by atoms with Gasteiger partial charge in [-0.2, -0.15) is 5.10 Å². The molecule has 154 valence electrons.